The number of hydrogen-bond acceptors (Lipinski definition) is 3. The molecule has 0 aromatic heterocycles. The Labute approximate surface area is 162 Å². The Kier molecular flexibility index (Phi) is 6.07. The monoisotopic (exact) mass is 397 g/mol. The van der Waals surface area contributed by atoms with Crippen molar-refractivity contribution >= 4 is 52.1 Å². The fourth-order valence-corrected chi connectivity index (χ4v) is 3.27. The number of piperazine rings is 1. The first-order valence-electron chi connectivity index (χ1n) is 7.99. The van der Waals surface area contributed by atoms with Crippen molar-refractivity contribution in [3.63, 3.8) is 0 Å². The first-order valence-corrected chi connectivity index (χ1v) is 9.12. The molecule has 1 heterocycles. The normalized spacial score (nSPS) is 15.2. The van der Waals surface area contributed by atoms with Crippen LogP contribution in [0.3, 0.4) is 0 Å². The third-order valence-electron chi connectivity index (χ3n) is 4.13. The summed E-state index contributed by atoms with van der Waals surface area (Å²) in [6, 6.07) is 12.8. The second-order valence-corrected chi connectivity index (χ2v) is 7.19. The molecule has 2 aromatic carbocycles. The van der Waals surface area contributed by atoms with Crippen molar-refractivity contribution in [2.45, 2.75) is 0 Å². The van der Waals surface area contributed by atoms with Gasteiger partial charge in [-0.05, 0) is 42.5 Å². The minimum Gasteiger partial charge on any atom is -0.369 e. The lowest BCUT2D eigenvalue weighted by molar-refractivity contribution is -0.117. The average Bonchev–Trinajstić information content (AvgIpc) is 2.59. The van der Waals surface area contributed by atoms with E-state index in [1.165, 1.54) is 0 Å². The number of hydrogen-bond donors (Lipinski definition) is 1. The summed E-state index contributed by atoms with van der Waals surface area (Å²) >= 11 is 17.9. The number of amides is 1. The Morgan fingerprint density at radius 3 is 2.24 bits per heavy atom. The third kappa shape index (κ3) is 5.02. The van der Waals surface area contributed by atoms with Gasteiger partial charge in [0.05, 0.1) is 17.3 Å². The van der Waals surface area contributed by atoms with Crippen molar-refractivity contribution in [3.05, 3.63) is 57.5 Å². The number of carbonyl (C=O) groups is 1. The molecule has 0 atom stereocenters. The average molecular weight is 399 g/mol. The number of anilines is 2. The van der Waals surface area contributed by atoms with Gasteiger partial charge in [0.2, 0.25) is 5.91 Å². The van der Waals surface area contributed by atoms with Gasteiger partial charge in [0.25, 0.3) is 0 Å². The standard InChI is InChI=1S/C18H18Cl3N3O/c19-13-1-4-15(5-2-13)24-9-7-23(8-10-24)12-18(25)22-17-11-14(20)3-6-16(17)21/h1-6,11H,7-10,12H2,(H,22,25). The minimum atomic E-state index is -0.0934. The lowest BCUT2D eigenvalue weighted by Crippen LogP contribution is -2.48. The third-order valence-corrected chi connectivity index (χ3v) is 4.95. The van der Waals surface area contributed by atoms with Crippen LogP contribution in [0.1, 0.15) is 0 Å². The van der Waals surface area contributed by atoms with E-state index < -0.39 is 0 Å². The van der Waals surface area contributed by atoms with E-state index >= 15 is 0 Å². The molecule has 4 nitrogen and oxygen atoms in total. The highest BCUT2D eigenvalue weighted by Crippen LogP contribution is 2.25. The molecule has 1 N–H and O–H groups in total. The van der Waals surface area contributed by atoms with Crippen LogP contribution in [-0.2, 0) is 4.79 Å². The Bertz CT molecular complexity index is 744. The number of halogens is 3. The molecule has 1 aliphatic rings. The maximum Gasteiger partial charge on any atom is 0.238 e. The molecule has 0 spiro atoms. The van der Waals surface area contributed by atoms with Crippen LogP contribution in [0, 0.1) is 0 Å². The largest absolute Gasteiger partial charge is 0.369 e. The summed E-state index contributed by atoms with van der Waals surface area (Å²) in [5, 5.41) is 4.57. The van der Waals surface area contributed by atoms with E-state index in [0.29, 0.717) is 22.3 Å². The number of nitrogens with zero attached hydrogens (tertiary/aromatic N) is 2. The topological polar surface area (TPSA) is 35.6 Å². The van der Waals surface area contributed by atoms with Gasteiger partial charge in [-0.1, -0.05) is 34.8 Å². The van der Waals surface area contributed by atoms with Crippen molar-refractivity contribution in [3.8, 4) is 0 Å². The minimum absolute atomic E-state index is 0.0934. The summed E-state index contributed by atoms with van der Waals surface area (Å²) in [5.74, 6) is -0.0934. The van der Waals surface area contributed by atoms with Gasteiger partial charge >= 0.3 is 0 Å². The fraction of sp³-hybridized carbons (Fsp3) is 0.278. The number of rotatable bonds is 4. The smallest absolute Gasteiger partial charge is 0.238 e. The molecule has 1 fully saturated rings. The summed E-state index contributed by atoms with van der Waals surface area (Å²) in [4.78, 5) is 16.7. The first-order chi connectivity index (χ1) is 12.0. The molecule has 1 saturated heterocycles. The summed E-state index contributed by atoms with van der Waals surface area (Å²) in [6.45, 7) is 3.70. The summed E-state index contributed by atoms with van der Waals surface area (Å²) in [7, 11) is 0. The second kappa shape index (κ2) is 8.28. The zero-order valence-electron chi connectivity index (χ0n) is 13.5. The van der Waals surface area contributed by atoms with E-state index in [-0.39, 0.29) is 5.91 Å². The molecule has 0 unspecified atom stereocenters. The molecule has 1 amide bonds. The van der Waals surface area contributed by atoms with Crippen molar-refractivity contribution in [2.24, 2.45) is 0 Å². The molecule has 0 radical (unpaired) electrons. The maximum atomic E-state index is 12.3. The van der Waals surface area contributed by atoms with Gasteiger partial charge in [-0.25, -0.2) is 0 Å². The predicted molar refractivity (Wildman–Crippen MR) is 105 cm³/mol. The zero-order valence-corrected chi connectivity index (χ0v) is 15.8. The van der Waals surface area contributed by atoms with Crippen molar-refractivity contribution < 1.29 is 4.79 Å². The Balaban J connectivity index is 1.51. The summed E-state index contributed by atoms with van der Waals surface area (Å²) in [5.41, 5.74) is 1.69. The molecule has 25 heavy (non-hydrogen) atoms. The molecular weight excluding hydrogens is 381 g/mol. The van der Waals surface area contributed by atoms with Crippen molar-refractivity contribution in [1.29, 1.82) is 0 Å². The molecule has 132 valence electrons. The highest BCUT2D eigenvalue weighted by molar-refractivity contribution is 6.35. The van der Waals surface area contributed by atoms with Gasteiger partial charge in [-0.3, -0.25) is 9.69 Å². The van der Waals surface area contributed by atoms with Crippen molar-refractivity contribution in [1.82, 2.24) is 4.90 Å². The van der Waals surface area contributed by atoms with E-state index in [2.05, 4.69) is 15.1 Å². The maximum absolute atomic E-state index is 12.3. The molecule has 3 rings (SSSR count). The zero-order chi connectivity index (χ0) is 17.8. The predicted octanol–water partition coefficient (Wildman–Crippen LogP) is 4.41. The molecule has 0 aliphatic carbocycles. The lowest BCUT2D eigenvalue weighted by Gasteiger charge is -2.35. The molecule has 7 heteroatoms. The molecule has 0 saturated carbocycles. The number of carbonyl (C=O) groups excluding carboxylic acids is 1. The van der Waals surface area contributed by atoms with Crippen LogP contribution in [0.25, 0.3) is 0 Å². The molecular formula is C18H18Cl3N3O. The first kappa shape index (κ1) is 18.3. The van der Waals surface area contributed by atoms with Gasteiger partial charge in [0.1, 0.15) is 0 Å². The molecule has 1 aliphatic heterocycles. The van der Waals surface area contributed by atoms with Crippen molar-refractivity contribution in [2.75, 3.05) is 42.9 Å². The second-order valence-electron chi connectivity index (χ2n) is 5.91. The lowest BCUT2D eigenvalue weighted by atomic mass is 10.2. The van der Waals surface area contributed by atoms with Crippen LogP contribution in [0.5, 0.6) is 0 Å². The SMILES string of the molecule is O=C(CN1CCN(c2ccc(Cl)cc2)CC1)Nc1cc(Cl)ccc1Cl. The van der Waals surface area contributed by atoms with E-state index in [0.717, 1.165) is 36.9 Å². The van der Waals surface area contributed by atoms with Crippen LogP contribution >= 0.6 is 34.8 Å². The highest BCUT2D eigenvalue weighted by atomic mass is 35.5. The summed E-state index contributed by atoms with van der Waals surface area (Å²) in [6.07, 6.45) is 0. The quantitative estimate of drug-likeness (QED) is 0.829. The fourth-order valence-electron chi connectivity index (χ4n) is 2.80. The van der Waals surface area contributed by atoms with Crippen LogP contribution in [0.2, 0.25) is 15.1 Å². The number of benzene rings is 2. The van der Waals surface area contributed by atoms with Crippen LogP contribution in [-0.4, -0.2) is 43.5 Å². The van der Waals surface area contributed by atoms with Gasteiger partial charge in [0.15, 0.2) is 0 Å². The van der Waals surface area contributed by atoms with Gasteiger partial charge in [-0.2, -0.15) is 0 Å². The van der Waals surface area contributed by atoms with Crippen LogP contribution in [0.15, 0.2) is 42.5 Å². The van der Waals surface area contributed by atoms with Gasteiger partial charge in [0, 0.05) is 41.9 Å². The number of nitrogens with one attached hydrogen (secondary N) is 1. The van der Waals surface area contributed by atoms with Crippen LogP contribution < -0.4 is 10.2 Å². The Hall–Kier alpha value is -1.46. The Morgan fingerprint density at radius 2 is 1.56 bits per heavy atom. The van der Waals surface area contributed by atoms with E-state index in [1.54, 1.807) is 18.2 Å². The van der Waals surface area contributed by atoms with E-state index in [9.17, 15) is 4.79 Å². The molecule has 2 aromatic rings. The molecule has 0 bridgehead atoms. The Morgan fingerprint density at radius 1 is 0.920 bits per heavy atom. The van der Waals surface area contributed by atoms with E-state index in [4.69, 9.17) is 34.8 Å². The van der Waals surface area contributed by atoms with Crippen LogP contribution in [0.4, 0.5) is 11.4 Å². The summed E-state index contributed by atoms with van der Waals surface area (Å²) < 4.78 is 0. The van der Waals surface area contributed by atoms with Gasteiger partial charge in [-0.15, -0.1) is 0 Å². The van der Waals surface area contributed by atoms with E-state index in [1.807, 2.05) is 24.3 Å². The van der Waals surface area contributed by atoms with Gasteiger partial charge < -0.3 is 10.2 Å². The highest BCUT2D eigenvalue weighted by Gasteiger charge is 2.19.